The normalized spacial score (nSPS) is 10.8. The number of halogens is 1. The maximum Gasteiger partial charge on any atom is 0.104 e. The largest absolute Gasteiger partial charge is 1.00 e. The molecule has 2 heteroatoms. The van der Waals surface area contributed by atoms with E-state index in [9.17, 15) is 0 Å². The van der Waals surface area contributed by atoms with Gasteiger partial charge in [0.05, 0.1) is 19.6 Å². The Morgan fingerprint density at radius 2 is 1.47 bits per heavy atom. The average Bonchev–Trinajstić information content (AvgIpc) is 2.37. The number of benzene rings is 1. The zero-order valence-electron chi connectivity index (χ0n) is 11.2. The van der Waals surface area contributed by atoms with Crippen LogP contribution in [0.5, 0.6) is 0 Å². The van der Waals surface area contributed by atoms with Gasteiger partial charge in [-0.1, -0.05) is 36.9 Å². The molecule has 96 valence electrons. The van der Waals surface area contributed by atoms with Crippen molar-refractivity contribution in [2.75, 3.05) is 26.2 Å². The van der Waals surface area contributed by atoms with Crippen molar-refractivity contribution in [2.24, 2.45) is 0 Å². The van der Waals surface area contributed by atoms with Crippen LogP contribution in [-0.4, -0.2) is 30.7 Å². The molecule has 1 aromatic rings. The van der Waals surface area contributed by atoms with Gasteiger partial charge in [0.2, 0.25) is 0 Å². The number of rotatable bonds is 6. The summed E-state index contributed by atoms with van der Waals surface area (Å²) in [7, 11) is 0. The summed E-state index contributed by atoms with van der Waals surface area (Å²) in [6.07, 6.45) is 0. The summed E-state index contributed by atoms with van der Waals surface area (Å²) >= 11 is 0. The van der Waals surface area contributed by atoms with Gasteiger partial charge in [0, 0.05) is 5.57 Å². The highest BCUT2D eigenvalue weighted by Crippen LogP contribution is 2.18. The van der Waals surface area contributed by atoms with E-state index >= 15 is 0 Å². The first-order valence-corrected chi connectivity index (χ1v) is 6.25. The zero-order valence-corrected chi connectivity index (χ0v) is 12.8. The molecule has 0 fully saturated rings. The Hall–Kier alpha value is -0.600. The first-order chi connectivity index (χ1) is 7.67. The van der Waals surface area contributed by atoms with Crippen molar-refractivity contribution < 1.29 is 21.5 Å². The Morgan fingerprint density at radius 1 is 1.00 bits per heavy atom. The maximum absolute atomic E-state index is 4.24. The van der Waals surface area contributed by atoms with E-state index in [0.717, 1.165) is 11.0 Å². The number of nitrogens with zero attached hydrogens (tertiary/aromatic N) is 1. The molecular weight excluding hydrogens is 274 g/mol. The summed E-state index contributed by atoms with van der Waals surface area (Å²) in [5.41, 5.74) is 2.53. The monoisotopic (exact) mass is 297 g/mol. The lowest BCUT2D eigenvalue weighted by atomic mass is 10.1. The minimum absolute atomic E-state index is 0. The summed E-state index contributed by atoms with van der Waals surface area (Å²) < 4.78 is 1.13. The minimum Gasteiger partial charge on any atom is -1.00 e. The van der Waals surface area contributed by atoms with Crippen molar-refractivity contribution in [3.8, 4) is 0 Å². The molecule has 0 aliphatic carbocycles. The number of quaternary nitrogens is 1. The fourth-order valence-corrected chi connectivity index (χ4v) is 2.18. The van der Waals surface area contributed by atoms with E-state index in [1.165, 1.54) is 30.8 Å². The highest BCUT2D eigenvalue weighted by Gasteiger charge is 2.21. The van der Waals surface area contributed by atoms with Gasteiger partial charge in [-0.3, -0.25) is 0 Å². The van der Waals surface area contributed by atoms with Gasteiger partial charge < -0.3 is 21.5 Å². The van der Waals surface area contributed by atoms with Crippen molar-refractivity contribution in [1.29, 1.82) is 0 Å². The average molecular weight is 298 g/mol. The van der Waals surface area contributed by atoms with Gasteiger partial charge in [-0.15, -0.1) is 0 Å². The highest BCUT2D eigenvalue weighted by molar-refractivity contribution is 5.63. The Kier molecular flexibility index (Phi) is 7.40. The number of hydrogen-bond acceptors (Lipinski definition) is 0. The Balaban J connectivity index is 0.00000256. The van der Waals surface area contributed by atoms with Crippen LogP contribution in [0.1, 0.15) is 26.3 Å². The number of likely N-dealkylation sites (N-methyl/N-ethyl adjacent to an activating group) is 1. The summed E-state index contributed by atoms with van der Waals surface area (Å²) in [5, 5.41) is 0. The molecule has 0 amide bonds. The topological polar surface area (TPSA) is 0 Å². The van der Waals surface area contributed by atoms with Crippen molar-refractivity contribution in [2.45, 2.75) is 20.8 Å². The Labute approximate surface area is 117 Å². The van der Waals surface area contributed by atoms with Crippen LogP contribution < -0.4 is 17.0 Å². The van der Waals surface area contributed by atoms with Crippen LogP contribution in [0.25, 0.3) is 5.57 Å². The zero-order chi connectivity index (χ0) is 12.0. The summed E-state index contributed by atoms with van der Waals surface area (Å²) in [6.45, 7) is 15.6. The summed E-state index contributed by atoms with van der Waals surface area (Å²) in [5.74, 6) is 0. The Morgan fingerprint density at radius 3 is 1.88 bits per heavy atom. The van der Waals surface area contributed by atoms with E-state index in [-0.39, 0.29) is 17.0 Å². The molecule has 1 nitrogen and oxygen atoms in total. The second-order valence-electron chi connectivity index (χ2n) is 4.42. The molecule has 0 spiro atoms. The SMILES string of the molecule is C=C(C[N+](CC)(CC)CC)c1ccccc1.[Br-]. The lowest BCUT2D eigenvalue weighted by Gasteiger charge is -2.36. The predicted molar refractivity (Wildman–Crippen MR) is 72.2 cm³/mol. The van der Waals surface area contributed by atoms with Crippen LogP contribution in [0.4, 0.5) is 0 Å². The summed E-state index contributed by atoms with van der Waals surface area (Å²) in [6, 6.07) is 10.5. The molecule has 0 N–H and O–H groups in total. The van der Waals surface area contributed by atoms with Gasteiger partial charge in [-0.25, -0.2) is 0 Å². The van der Waals surface area contributed by atoms with Crippen LogP contribution in [0.3, 0.4) is 0 Å². The molecule has 0 atom stereocenters. The van der Waals surface area contributed by atoms with E-state index in [1.54, 1.807) is 0 Å². The van der Waals surface area contributed by atoms with Gasteiger partial charge in [0.25, 0.3) is 0 Å². The maximum atomic E-state index is 4.24. The Bertz CT molecular complexity index is 320. The fourth-order valence-electron chi connectivity index (χ4n) is 2.18. The molecule has 0 aliphatic rings. The lowest BCUT2D eigenvalue weighted by Crippen LogP contribution is -3.00. The summed E-state index contributed by atoms with van der Waals surface area (Å²) in [4.78, 5) is 0. The molecule has 0 unspecified atom stereocenters. The molecule has 17 heavy (non-hydrogen) atoms. The van der Waals surface area contributed by atoms with E-state index in [2.05, 4.69) is 57.7 Å². The van der Waals surface area contributed by atoms with E-state index in [0.29, 0.717) is 0 Å². The van der Waals surface area contributed by atoms with Gasteiger partial charge in [-0.2, -0.15) is 0 Å². The predicted octanol–water partition coefficient (Wildman–Crippen LogP) is 0.580. The van der Waals surface area contributed by atoms with Crippen LogP contribution in [0, 0.1) is 0 Å². The molecule has 0 aliphatic heterocycles. The minimum atomic E-state index is 0. The lowest BCUT2D eigenvalue weighted by molar-refractivity contribution is -0.916. The first-order valence-electron chi connectivity index (χ1n) is 6.25. The van der Waals surface area contributed by atoms with E-state index in [1.807, 2.05) is 0 Å². The molecule has 0 radical (unpaired) electrons. The second-order valence-corrected chi connectivity index (χ2v) is 4.42. The fraction of sp³-hybridized carbons (Fsp3) is 0.467. The van der Waals surface area contributed by atoms with E-state index in [4.69, 9.17) is 0 Å². The molecular formula is C15H24BrN. The van der Waals surface area contributed by atoms with Gasteiger partial charge in [-0.05, 0) is 26.3 Å². The third-order valence-corrected chi connectivity index (χ3v) is 3.72. The molecule has 0 bridgehead atoms. The van der Waals surface area contributed by atoms with Gasteiger partial charge in [0.15, 0.2) is 0 Å². The molecule has 0 aromatic heterocycles. The van der Waals surface area contributed by atoms with Crippen LogP contribution in [-0.2, 0) is 0 Å². The van der Waals surface area contributed by atoms with Crippen molar-refractivity contribution >= 4 is 5.57 Å². The van der Waals surface area contributed by atoms with Crippen LogP contribution >= 0.6 is 0 Å². The molecule has 0 heterocycles. The van der Waals surface area contributed by atoms with E-state index < -0.39 is 0 Å². The van der Waals surface area contributed by atoms with Crippen molar-refractivity contribution in [3.63, 3.8) is 0 Å². The molecule has 1 aromatic carbocycles. The quantitative estimate of drug-likeness (QED) is 0.674. The second kappa shape index (κ2) is 7.67. The van der Waals surface area contributed by atoms with Crippen LogP contribution in [0.2, 0.25) is 0 Å². The molecule has 0 saturated heterocycles. The third-order valence-electron chi connectivity index (χ3n) is 3.72. The van der Waals surface area contributed by atoms with Gasteiger partial charge >= 0.3 is 0 Å². The van der Waals surface area contributed by atoms with Gasteiger partial charge in [0.1, 0.15) is 6.54 Å². The molecule has 0 saturated carbocycles. The van der Waals surface area contributed by atoms with Crippen molar-refractivity contribution in [1.82, 2.24) is 0 Å². The number of hydrogen-bond donors (Lipinski definition) is 0. The third kappa shape index (κ3) is 4.29. The van der Waals surface area contributed by atoms with Crippen molar-refractivity contribution in [3.05, 3.63) is 42.5 Å². The first kappa shape index (κ1) is 16.4. The smallest absolute Gasteiger partial charge is 0.104 e. The highest BCUT2D eigenvalue weighted by atomic mass is 79.9. The standard InChI is InChI=1S/C15H24N.BrH/c1-5-16(6-2,7-3)13-14(4)15-11-9-8-10-12-15;/h8-12H,4-7,13H2,1-3H3;1H/q+1;/p-1. The van der Waals surface area contributed by atoms with Crippen LogP contribution in [0.15, 0.2) is 36.9 Å². The molecule has 1 rings (SSSR count).